The van der Waals surface area contributed by atoms with Crippen LogP contribution < -0.4 is 5.32 Å². The number of carbonyl (C=O) groups excluding carboxylic acids is 1. The molecule has 1 amide bonds. The largest absolute Gasteiger partial charge is 0.347 e. The lowest BCUT2D eigenvalue weighted by Gasteiger charge is -2.05. The predicted octanol–water partition coefficient (Wildman–Crippen LogP) is 5.01. The van der Waals surface area contributed by atoms with Gasteiger partial charge in [0.15, 0.2) is 0 Å². The minimum Gasteiger partial charge on any atom is -0.347 e. The molecule has 0 aliphatic carbocycles. The number of benzene rings is 1. The zero-order chi connectivity index (χ0) is 16.4. The highest BCUT2D eigenvalue weighted by atomic mass is 79.9. The van der Waals surface area contributed by atoms with E-state index in [-0.39, 0.29) is 5.56 Å². The maximum atomic E-state index is 13.8. The molecule has 0 aliphatic rings. The summed E-state index contributed by atoms with van der Waals surface area (Å²) in [5.74, 6) is -0.962. The first-order valence-corrected chi connectivity index (χ1v) is 9.26. The van der Waals surface area contributed by atoms with Gasteiger partial charge in [-0.25, -0.2) is 9.37 Å². The van der Waals surface area contributed by atoms with Crippen molar-refractivity contribution in [2.24, 2.45) is 0 Å². The summed E-state index contributed by atoms with van der Waals surface area (Å²) in [6.45, 7) is 2.33. The van der Waals surface area contributed by atoms with Gasteiger partial charge < -0.3 is 5.32 Å². The number of thiazole rings is 1. The Labute approximate surface area is 149 Å². The summed E-state index contributed by atoms with van der Waals surface area (Å²) in [5.41, 5.74) is 0.995. The van der Waals surface area contributed by atoms with Gasteiger partial charge in [0.1, 0.15) is 5.82 Å². The summed E-state index contributed by atoms with van der Waals surface area (Å²) in [7, 11) is 0. The molecule has 3 nitrogen and oxygen atoms in total. The Hall–Kier alpha value is -1.57. The molecule has 0 atom stereocenters. The SMILES string of the molecule is Cc1nc(-c2ccc(CNC(=O)c3ccc(Br)cc3F)s2)cs1. The van der Waals surface area contributed by atoms with Crippen LogP contribution in [0.15, 0.2) is 40.2 Å². The van der Waals surface area contributed by atoms with Crippen LogP contribution in [0.1, 0.15) is 20.2 Å². The zero-order valence-electron chi connectivity index (χ0n) is 12.1. The second-order valence-electron chi connectivity index (χ2n) is 4.82. The smallest absolute Gasteiger partial charge is 0.254 e. The highest BCUT2D eigenvalue weighted by Gasteiger charge is 2.12. The molecule has 23 heavy (non-hydrogen) atoms. The van der Waals surface area contributed by atoms with E-state index in [4.69, 9.17) is 0 Å². The second-order valence-corrected chi connectivity index (χ2v) is 7.97. The van der Waals surface area contributed by atoms with E-state index in [0.29, 0.717) is 11.0 Å². The topological polar surface area (TPSA) is 42.0 Å². The molecule has 118 valence electrons. The number of nitrogens with one attached hydrogen (secondary N) is 1. The molecule has 0 saturated heterocycles. The van der Waals surface area contributed by atoms with Crippen molar-refractivity contribution in [3.8, 4) is 10.6 Å². The maximum Gasteiger partial charge on any atom is 0.254 e. The minimum atomic E-state index is -0.540. The van der Waals surface area contributed by atoms with Crippen LogP contribution in [0, 0.1) is 12.7 Å². The van der Waals surface area contributed by atoms with Crippen LogP contribution in [0.2, 0.25) is 0 Å². The van der Waals surface area contributed by atoms with Crippen LogP contribution in [0.25, 0.3) is 10.6 Å². The number of hydrogen-bond acceptors (Lipinski definition) is 4. The first kappa shape index (κ1) is 16.3. The number of amides is 1. The van der Waals surface area contributed by atoms with Crippen molar-refractivity contribution in [2.45, 2.75) is 13.5 Å². The maximum absolute atomic E-state index is 13.8. The number of halogens is 2. The molecule has 7 heteroatoms. The number of hydrogen-bond donors (Lipinski definition) is 1. The Morgan fingerprint density at radius 3 is 2.87 bits per heavy atom. The number of aromatic nitrogens is 1. The molecular weight excluding hydrogens is 399 g/mol. The van der Waals surface area contributed by atoms with Gasteiger partial charge in [-0.15, -0.1) is 22.7 Å². The van der Waals surface area contributed by atoms with E-state index < -0.39 is 11.7 Å². The molecule has 2 aromatic heterocycles. The quantitative estimate of drug-likeness (QED) is 0.656. The predicted molar refractivity (Wildman–Crippen MR) is 95.4 cm³/mol. The summed E-state index contributed by atoms with van der Waals surface area (Å²) in [4.78, 5) is 18.6. The van der Waals surface area contributed by atoms with Gasteiger partial charge in [0, 0.05) is 14.7 Å². The summed E-state index contributed by atoms with van der Waals surface area (Å²) in [6, 6.07) is 8.33. The van der Waals surface area contributed by atoms with Crippen molar-refractivity contribution in [1.29, 1.82) is 0 Å². The van der Waals surface area contributed by atoms with E-state index in [0.717, 1.165) is 20.5 Å². The second kappa shape index (κ2) is 6.90. The Bertz CT molecular complexity index is 859. The van der Waals surface area contributed by atoms with Gasteiger partial charge >= 0.3 is 0 Å². The third-order valence-electron chi connectivity index (χ3n) is 3.13. The molecule has 0 spiro atoms. The van der Waals surface area contributed by atoms with Gasteiger partial charge in [-0.1, -0.05) is 15.9 Å². The van der Waals surface area contributed by atoms with Crippen molar-refractivity contribution in [3.63, 3.8) is 0 Å². The van der Waals surface area contributed by atoms with E-state index in [9.17, 15) is 9.18 Å². The Morgan fingerprint density at radius 2 is 2.17 bits per heavy atom. The molecule has 3 aromatic rings. The van der Waals surface area contributed by atoms with Gasteiger partial charge in [-0.3, -0.25) is 4.79 Å². The molecule has 0 aliphatic heterocycles. The molecule has 1 aromatic carbocycles. The summed E-state index contributed by atoms with van der Waals surface area (Å²) in [6.07, 6.45) is 0. The van der Waals surface area contributed by atoms with Gasteiger partial charge in [0.05, 0.1) is 27.7 Å². The fourth-order valence-corrected chi connectivity index (χ4v) is 3.95. The van der Waals surface area contributed by atoms with Crippen molar-refractivity contribution in [2.75, 3.05) is 0 Å². The van der Waals surface area contributed by atoms with E-state index in [1.54, 1.807) is 28.7 Å². The van der Waals surface area contributed by atoms with Crippen molar-refractivity contribution >= 4 is 44.5 Å². The van der Waals surface area contributed by atoms with E-state index >= 15 is 0 Å². The molecule has 0 fully saturated rings. The molecule has 1 N–H and O–H groups in total. The molecule has 0 bridgehead atoms. The van der Waals surface area contributed by atoms with Crippen LogP contribution in [0.4, 0.5) is 4.39 Å². The lowest BCUT2D eigenvalue weighted by molar-refractivity contribution is 0.0947. The fourth-order valence-electron chi connectivity index (χ4n) is 2.02. The number of aryl methyl sites for hydroxylation is 1. The van der Waals surface area contributed by atoms with Crippen molar-refractivity contribution in [1.82, 2.24) is 10.3 Å². The lowest BCUT2D eigenvalue weighted by Crippen LogP contribution is -2.23. The zero-order valence-corrected chi connectivity index (χ0v) is 15.3. The molecule has 2 heterocycles. The molecule has 3 rings (SSSR count). The third kappa shape index (κ3) is 3.85. The minimum absolute atomic E-state index is 0.0418. The molecule has 0 radical (unpaired) electrons. The van der Waals surface area contributed by atoms with Gasteiger partial charge in [0.25, 0.3) is 5.91 Å². The fraction of sp³-hybridized carbons (Fsp3) is 0.125. The normalized spacial score (nSPS) is 10.7. The summed E-state index contributed by atoms with van der Waals surface area (Å²) >= 11 is 6.35. The Morgan fingerprint density at radius 1 is 1.35 bits per heavy atom. The first-order chi connectivity index (χ1) is 11.0. The molecule has 0 unspecified atom stereocenters. The van der Waals surface area contributed by atoms with Crippen LogP contribution in [-0.2, 0) is 6.54 Å². The average Bonchev–Trinajstić information content (AvgIpc) is 3.13. The van der Waals surface area contributed by atoms with Crippen molar-refractivity contribution in [3.05, 3.63) is 61.5 Å². The van der Waals surface area contributed by atoms with Crippen LogP contribution >= 0.6 is 38.6 Å². The number of nitrogens with zero attached hydrogens (tertiary/aromatic N) is 1. The van der Waals surface area contributed by atoms with Gasteiger partial charge in [0.2, 0.25) is 0 Å². The summed E-state index contributed by atoms with van der Waals surface area (Å²) < 4.78 is 14.4. The highest BCUT2D eigenvalue weighted by Crippen LogP contribution is 2.29. The lowest BCUT2D eigenvalue weighted by atomic mass is 10.2. The van der Waals surface area contributed by atoms with Gasteiger partial charge in [-0.05, 0) is 37.3 Å². The van der Waals surface area contributed by atoms with Crippen LogP contribution in [-0.4, -0.2) is 10.9 Å². The monoisotopic (exact) mass is 410 g/mol. The number of thiophene rings is 1. The number of rotatable bonds is 4. The average molecular weight is 411 g/mol. The molecular formula is C16H12BrFN2OS2. The third-order valence-corrected chi connectivity index (χ3v) is 5.51. The van der Waals surface area contributed by atoms with E-state index in [1.807, 2.05) is 24.4 Å². The van der Waals surface area contributed by atoms with E-state index in [1.165, 1.54) is 12.1 Å². The first-order valence-electron chi connectivity index (χ1n) is 6.77. The molecule has 0 saturated carbocycles. The Balaban J connectivity index is 1.66. The summed E-state index contributed by atoms with van der Waals surface area (Å²) in [5, 5.41) is 5.78. The standard InChI is InChI=1S/C16H12BrFN2OS2/c1-9-20-14(8-22-9)15-5-3-11(23-15)7-19-16(21)12-4-2-10(17)6-13(12)18/h2-6,8H,7H2,1H3,(H,19,21). The van der Waals surface area contributed by atoms with Gasteiger partial charge in [-0.2, -0.15) is 0 Å². The number of carbonyl (C=O) groups is 1. The van der Waals surface area contributed by atoms with Crippen LogP contribution in [0.3, 0.4) is 0 Å². The highest BCUT2D eigenvalue weighted by molar-refractivity contribution is 9.10. The van der Waals surface area contributed by atoms with E-state index in [2.05, 4.69) is 26.2 Å². The van der Waals surface area contributed by atoms with Crippen molar-refractivity contribution < 1.29 is 9.18 Å². The van der Waals surface area contributed by atoms with Crippen LogP contribution in [0.5, 0.6) is 0 Å². The Kier molecular flexibility index (Phi) is 4.89.